The maximum Gasteiger partial charge on any atom is 0.261 e. The molecule has 0 saturated carbocycles. The number of carbonyl (C=O) groups is 2. The van der Waals surface area contributed by atoms with E-state index in [1.807, 2.05) is 20.8 Å². The molecule has 0 fully saturated rings. The zero-order chi connectivity index (χ0) is 24.2. The van der Waals surface area contributed by atoms with Crippen LogP contribution in [0.5, 0.6) is 0 Å². The van der Waals surface area contributed by atoms with Crippen LogP contribution in [0.1, 0.15) is 41.5 Å². The van der Waals surface area contributed by atoms with Gasteiger partial charge in [0.05, 0.1) is 10.6 Å². The van der Waals surface area contributed by atoms with Crippen molar-refractivity contribution in [1.29, 1.82) is 0 Å². The highest BCUT2D eigenvalue weighted by Gasteiger charge is 2.17. The Bertz CT molecular complexity index is 1270. The zero-order valence-electron chi connectivity index (χ0n) is 18.3. The van der Waals surface area contributed by atoms with Gasteiger partial charge in [0.15, 0.2) is 0 Å². The zero-order valence-corrected chi connectivity index (χ0v) is 19.2. The van der Waals surface area contributed by atoms with Gasteiger partial charge in [-0.1, -0.05) is 6.07 Å². The topological polar surface area (TPSA) is 104 Å². The number of nitrogens with one attached hydrogen (secondary N) is 3. The highest BCUT2D eigenvalue weighted by molar-refractivity contribution is 7.92. The molecule has 0 radical (unpaired) electrons. The van der Waals surface area contributed by atoms with Crippen molar-refractivity contribution in [3.8, 4) is 0 Å². The molecule has 0 aliphatic heterocycles. The lowest BCUT2D eigenvalue weighted by Crippen LogP contribution is -2.40. The first-order valence-corrected chi connectivity index (χ1v) is 11.5. The molecule has 0 unspecified atom stereocenters. The standard InChI is InChI=1S/C24H24FN3O4S/c1-24(2,3)27-23(30)17-9-7-16(8-10-17)22(29)26-19-11-13-21(14-12-19)33(31,32)28-20-6-4-5-18(25)15-20/h4-15,28H,1-3H3,(H,26,29)(H,27,30). The van der Waals surface area contributed by atoms with Gasteiger partial charge in [0, 0.05) is 22.4 Å². The molecule has 3 aromatic carbocycles. The van der Waals surface area contributed by atoms with Gasteiger partial charge in [0.1, 0.15) is 5.82 Å². The fraction of sp³-hybridized carbons (Fsp3) is 0.167. The lowest BCUT2D eigenvalue weighted by Gasteiger charge is -2.20. The lowest BCUT2D eigenvalue weighted by atomic mass is 10.1. The molecule has 0 spiro atoms. The van der Waals surface area contributed by atoms with Crippen LogP contribution in [-0.2, 0) is 10.0 Å². The van der Waals surface area contributed by atoms with E-state index in [-0.39, 0.29) is 22.0 Å². The van der Waals surface area contributed by atoms with Gasteiger partial charge in [0.2, 0.25) is 0 Å². The van der Waals surface area contributed by atoms with Gasteiger partial charge in [-0.3, -0.25) is 14.3 Å². The third-order valence-corrected chi connectivity index (χ3v) is 5.79. The Morgan fingerprint density at radius 1 is 0.788 bits per heavy atom. The third kappa shape index (κ3) is 6.63. The Hall–Kier alpha value is -3.72. The van der Waals surface area contributed by atoms with Gasteiger partial charge < -0.3 is 10.6 Å². The monoisotopic (exact) mass is 469 g/mol. The van der Waals surface area contributed by atoms with Gasteiger partial charge in [-0.15, -0.1) is 0 Å². The molecule has 9 heteroatoms. The normalized spacial score (nSPS) is 11.5. The first-order chi connectivity index (χ1) is 15.4. The number of benzene rings is 3. The van der Waals surface area contributed by atoms with Crippen LogP contribution < -0.4 is 15.4 Å². The van der Waals surface area contributed by atoms with Crippen LogP contribution in [0.2, 0.25) is 0 Å². The van der Waals surface area contributed by atoms with Gasteiger partial charge in [-0.25, -0.2) is 12.8 Å². The summed E-state index contributed by atoms with van der Waals surface area (Å²) in [4.78, 5) is 24.7. The van der Waals surface area contributed by atoms with E-state index in [1.165, 1.54) is 54.6 Å². The smallest absolute Gasteiger partial charge is 0.261 e. The number of anilines is 2. The fourth-order valence-electron chi connectivity index (χ4n) is 2.87. The van der Waals surface area contributed by atoms with Crippen molar-refractivity contribution in [2.24, 2.45) is 0 Å². The molecular formula is C24H24FN3O4S. The van der Waals surface area contributed by atoms with E-state index in [9.17, 15) is 22.4 Å². The van der Waals surface area contributed by atoms with Crippen molar-refractivity contribution in [1.82, 2.24) is 5.32 Å². The summed E-state index contributed by atoms with van der Waals surface area (Å²) in [5, 5.41) is 5.52. The second-order valence-electron chi connectivity index (χ2n) is 8.38. The number of rotatable bonds is 6. The quantitative estimate of drug-likeness (QED) is 0.497. The summed E-state index contributed by atoms with van der Waals surface area (Å²) < 4.78 is 40.6. The maximum absolute atomic E-state index is 13.3. The predicted octanol–water partition coefficient (Wildman–Crippen LogP) is 4.41. The molecule has 0 aliphatic carbocycles. The van der Waals surface area contributed by atoms with Crippen molar-refractivity contribution < 1.29 is 22.4 Å². The van der Waals surface area contributed by atoms with Crippen LogP contribution in [-0.4, -0.2) is 25.8 Å². The van der Waals surface area contributed by atoms with Crippen molar-refractivity contribution in [2.75, 3.05) is 10.0 Å². The Morgan fingerprint density at radius 2 is 1.36 bits per heavy atom. The van der Waals surface area contributed by atoms with E-state index >= 15 is 0 Å². The number of halogens is 1. The van der Waals surface area contributed by atoms with Gasteiger partial charge in [-0.2, -0.15) is 0 Å². The van der Waals surface area contributed by atoms with Gasteiger partial charge in [0.25, 0.3) is 21.8 Å². The Labute approximate surface area is 192 Å². The van der Waals surface area contributed by atoms with E-state index in [2.05, 4.69) is 15.4 Å². The summed E-state index contributed by atoms with van der Waals surface area (Å²) >= 11 is 0. The lowest BCUT2D eigenvalue weighted by molar-refractivity contribution is 0.0918. The number of carbonyl (C=O) groups excluding carboxylic acids is 2. The van der Waals surface area contributed by atoms with E-state index in [4.69, 9.17) is 0 Å². The van der Waals surface area contributed by atoms with E-state index in [0.29, 0.717) is 16.8 Å². The van der Waals surface area contributed by atoms with Crippen molar-refractivity contribution in [3.05, 3.63) is 89.7 Å². The van der Waals surface area contributed by atoms with Crippen molar-refractivity contribution in [3.63, 3.8) is 0 Å². The third-order valence-electron chi connectivity index (χ3n) is 4.40. The Morgan fingerprint density at radius 3 is 1.91 bits per heavy atom. The summed E-state index contributed by atoms with van der Waals surface area (Å²) in [5.74, 6) is -1.21. The first-order valence-electron chi connectivity index (χ1n) is 10.1. The summed E-state index contributed by atoms with van der Waals surface area (Å²) in [5.41, 5.74) is 0.888. The molecular weight excluding hydrogens is 445 g/mol. The average Bonchev–Trinajstić information content (AvgIpc) is 2.73. The van der Waals surface area contributed by atoms with Crippen LogP contribution in [0, 0.1) is 5.82 Å². The molecule has 0 atom stereocenters. The predicted molar refractivity (Wildman–Crippen MR) is 125 cm³/mol. The largest absolute Gasteiger partial charge is 0.347 e. The number of sulfonamides is 1. The molecule has 7 nitrogen and oxygen atoms in total. The van der Waals surface area contributed by atoms with Crippen LogP contribution in [0.25, 0.3) is 0 Å². The van der Waals surface area contributed by atoms with Crippen molar-refractivity contribution in [2.45, 2.75) is 31.2 Å². The Kier molecular flexibility index (Phi) is 6.83. The molecule has 0 bridgehead atoms. The molecule has 3 N–H and O–H groups in total. The van der Waals surface area contributed by atoms with Crippen LogP contribution in [0.15, 0.2) is 77.7 Å². The molecule has 0 heterocycles. The number of amides is 2. The number of hydrogen-bond acceptors (Lipinski definition) is 4. The summed E-state index contributed by atoms with van der Waals surface area (Å²) in [6, 6.07) is 16.9. The molecule has 0 aliphatic rings. The van der Waals surface area contributed by atoms with E-state index < -0.39 is 21.7 Å². The van der Waals surface area contributed by atoms with E-state index in [1.54, 1.807) is 12.1 Å². The molecule has 2 amide bonds. The molecule has 172 valence electrons. The maximum atomic E-state index is 13.3. The average molecular weight is 470 g/mol. The Balaban J connectivity index is 1.66. The van der Waals surface area contributed by atoms with Crippen LogP contribution >= 0.6 is 0 Å². The minimum atomic E-state index is -3.92. The fourth-order valence-corrected chi connectivity index (χ4v) is 3.92. The second-order valence-corrected chi connectivity index (χ2v) is 10.1. The van der Waals surface area contributed by atoms with Crippen molar-refractivity contribution >= 4 is 33.2 Å². The van der Waals surface area contributed by atoms with Crippen LogP contribution in [0.3, 0.4) is 0 Å². The highest BCUT2D eigenvalue weighted by Crippen LogP contribution is 2.19. The van der Waals surface area contributed by atoms with Gasteiger partial charge >= 0.3 is 0 Å². The molecule has 0 aromatic heterocycles. The molecule has 0 saturated heterocycles. The minimum Gasteiger partial charge on any atom is -0.347 e. The van der Waals surface area contributed by atoms with Gasteiger partial charge in [-0.05, 0) is 87.5 Å². The molecule has 3 rings (SSSR count). The SMILES string of the molecule is CC(C)(C)NC(=O)c1ccc(C(=O)Nc2ccc(S(=O)(=O)Nc3cccc(F)c3)cc2)cc1. The van der Waals surface area contributed by atoms with Crippen LogP contribution in [0.4, 0.5) is 15.8 Å². The van der Waals surface area contributed by atoms with E-state index in [0.717, 1.165) is 6.07 Å². The summed E-state index contributed by atoms with van der Waals surface area (Å²) in [7, 11) is -3.92. The molecule has 33 heavy (non-hydrogen) atoms. The summed E-state index contributed by atoms with van der Waals surface area (Å²) in [6.45, 7) is 5.63. The number of hydrogen-bond donors (Lipinski definition) is 3. The second kappa shape index (κ2) is 9.41. The molecule has 3 aromatic rings. The summed E-state index contributed by atoms with van der Waals surface area (Å²) in [6.07, 6.45) is 0. The first kappa shape index (κ1) is 23.9. The highest BCUT2D eigenvalue weighted by atomic mass is 32.2. The minimum absolute atomic E-state index is 0.0426.